The van der Waals surface area contributed by atoms with E-state index >= 15 is 0 Å². The molecule has 0 radical (unpaired) electrons. The Morgan fingerprint density at radius 1 is 1.22 bits per heavy atom. The first-order chi connectivity index (χ1) is 15.2. The number of likely N-dealkylation sites (N-methyl/N-ethyl adjacent to an activating group) is 1. The molecule has 1 aliphatic rings. The Bertz CT molecular complexity index is 1160. The number of amidine groups is 1. The molecule has 32 heavy (non-hydrogen) atoms. The van der Waals surface area contributed by atoms with Crippen molar-refractivity contribution in [2.45, 2.75) is 0 Å². The van der Waals surface area contributed by atoms with Crippen molar-refractivity contribution < 1.29 is 34.1 Å². The Morgan fingerprint density at radius 3 is 2.62 bits per heavy atom. The normalized spacial score (nSPS) is 16.0. The fraction of sp³-hybridized carbons (Fsp3) is 0.143. The average molecular weight is 521 g/mol. The molecule has 1 amide bonds. The van der Waals surface area contributed by atoms with Gasteiger partial charge in [0.2, 0.25) is 0 Å². The average Bonchev–Trinajstić information content (AvgIpc) is 3.01. The number of aliphatic carboxylic acids is 1. The van der Waals surface area contributed by atoms with Gasteiger partial charge in [-0.1, -0.05) is 22.0 Å². The number of hydrogen-bond donors (Lipinski definition) is 2. The summed E-state index contributed by atoms with van der Waals surface area (Å²) in [5, 5.41) is 18.3. The van der Waals surface area contributed by atoms with Gasteiger partial charge in [0.15, 0.2) is 23.3 Å². The molecule has 0 unspecified atom stereocenters. The largest absolute Gasteiger partial charge is 0.493 e. The van der Waals surface area contributed by atoms with Crippen molar-refractivity contribution in [2.75, 3.05) is 20.8 Å². The van der Waals surface area contributed by atoms with Gasteiger partial charge in [0.25, 0.3) is 5.91 Å². The summed E-state index contributed by atoms with van der Waals surface area (Å²) in [6, 6.07) is 9.30. The molecule has 2 aromatic rings. The number of amides is 1. The molecule has 11 heteroatoms. The zero-order valence-corrected chi connectivity index (χ0v) is 19.3. The summed E-state index contributed by atoms with van der Waals surface area (Å²) in [5.74, 6) is -1.91. The number of thioether (sulfide) groups is 1. The molecule has 2 N–H and O–H groups in total. The standard InChI is InChI=1S/C21H17BrN2O7S/c1-24-19(27)17(32-21(24)23-13-5-3-4-11(6-13)20(28)29)8-12-7-15(30-2)16(9-14(12)22)31-10-18(25)26/h3-9H,10H2,1-2H3,(H,25,26)(H,28,29). The van der Waals surface area contributed by atoms with Crippen LogP contribution in [0.5, 0.6) is 11.5 Å². The summed E-state index contributed by atoms with van der Waals surface area (Å²) in [4.78, 5) is 40.8. The Labute approximate surface area is 195 Å². The van der Waals surface area contributed by atoms with E-state index in [2.05, 4.69) is 20.9 Å². The lowest BCUT2D eigenvalue weighted by Crippen LogP contribution is -2.23. The zero-order chi connectivity index (χ0) is 23.4. The number of aliphatic imine (C=N–C) groups is 1. The van der Waals surface area contributed by atoms with E-state index in [-0.39, 0.29) is 17.2 Å². The lowest BCUT2D eigenvalue weighted by atomic mass is 10.2. The number of ether oxygens (including phenoxy) is 2. The summed E-state index contributed by atoms with van der Waals surface area (Å²) < 4.78 is 11.1. The molecule has 0 aromatic heterocycles. The van der Waals surface area contributed by atoms with Gasteiger partial charge in [-0.2, -0.15) is 0 Å². The Balaban J connectivity index is 1.91. The van der Waals surface area contributed by atoms with E-state index in [0.717, 1.165) is 11.8 Å². The highest BCUT2D eigenvalue weighted by Gasteiger charge is 2.30. The Kier molecular flexibility index (Phi) is 7.21. The molecular weight excluding hydrogens is 504 g/mol. The van der Waals surface area contributed by atoms with E-state index in [1.54, 1.807) is 37.4 Å². The van der Waals surface area contributed by atoms with Gasteiger partial charge in [0.05, 0.1) is 23.3 Å². The van der Waals surface area contributed by atoms with Gasteiger partial charge in [-0.3, -0.25) is 9.69 Å². The summed E-state index contributed by atoms with van der Waals surface area (Å²) in [6.07, 6.45) is 1.65. The fourth-order valence-electron chi connectivity index (χ4n) is 2.69. The third-order valence-corrected chi connectivity index (χ3v) is 5.99. The molecule has 9 nitrogen and oxygen atoms in total. The minimum absolute atomic E-state index is 0.0980. The summed E-state index contributed by atoms with van der Waals surface area (Å²) in [5.41, 5.74) is 1.12. The molecule has 1 aliphatic heterocycles. The number of halogens is 1. The molecule has 0 aliphatic carbocycles. The van der Waals surface area contributed by atoms with Crippen LogP contribution in [0.3, 0.4) is 0 Å². The van der Waals surface area contributed by atoms with Crippen LogP contribution in [0.25, 0.3) is 6.08 Å². The number of aromatic carboxylic acids is 1. The molecule has 0 spiro atoms. The third kappa shape index (κ3) is 5.29. The number of carboxylic acids is 2. The first-order valence-corrected chi connectivity index (χ1v) is 10.6. The van der Waals surface area contributed by atoms with E-state index in [0.29, 0.717) is 31.5 Å². The Hall–Kier alpha value is -3.31. The SMILES string of the molecule is COc1cc(C=C2SC(=Nc3cccc(C(=O)O)c3)N(C)C2=O)c(Br)cc1OCC(=O)O. The van der Waals surface area contributed by atoms with Crippen LogP contribution in [-0.2, 0) is 9.59 Å². The lowest BCUT2D eigenvalue weighted by molar-refractivity contribution is -0.139. The van der Waals surface area contributed by atoms with Crippen molar-refractivity contribution in [3.63, 3.8) is 0 Å². The maximum absolute atomic E-state index is 12.7. The minimum atomic E-state index is -1.12. The number of carbonyl (C=O) groups excluding carboxylic acids is 1. The predicted octanol–water partition coefficient (Wildman–Crippen LogP) is 3.85. The predicted molar refractivity (Wildman–Crippen MR) is 123 cm³/mol. The van der Waals surface area contributed by atoms with Gasteiger partial charge in [0.1, 0.15) is 0 Å². The highest BCUT2D eigenvalue weighted by Crippen LogP contribution is 2.38. The summed E-state index contributed by atoms with van der Waals surface area (Å²) in [7, 11) is 3.00. The van der Waals surface area contributed by atoms with E-state index in [1.807, 2.05) is 0 Å². The van der Waals surface area contributed by atoms with Crippen LogP contribution in [0, 0.1) is 0 Å². The van der Waals surface area contributed by atoms with Gasteiger partial charge >= 0.3 is 11.9 Å². The van der Waals surface area contributed by atoms with Crippen molar-refractivity contribution in [1.82, 2.24) is 4.90 Å². The second-order valence-electron chi connectivity index (χ2n) is 6.43. The van der Waals surface area contributed by atoms with Crippen LogP contribution >= 0.6 is 27.7 Å². The monoisotopic (exact) mass is 520 g/mol. The second-order valence-corrected chi connectivity index (χ2v) is 8.30. The van der Waals surface area contributed by atoms with E-state index in [9.17, 15) is 14.4 Å². The number of carboxylic acid groups (broad SMARTS) is 2. The third-order valence-electron chi connectivity index (χ3n) is 4.24. The van der Waals surface area contributed by atoms with Gasteiger partial charge < -0.3 is 19.7 Å². The number of carbonyl (C=O) groups is 3. The molecule has 2 aromatic carbocycles. The van der Waals surface area contributed by atoms with Crippen molar-refractivity contribution in [3.05, 3.63) is 56.9 Å². The van der Waals surface area contributed by atoms with E-state index in [1.165, 1.54) is 24.1 Å². The first kappa shape index (κ1) is 23.4. The number of hydrogen-bond acceptors (Lipinski definition) is 7. The molecule has 0 atom stereocenters. The highest BCUT2D eigenvalue weighted by molar-refractivity contribution is 9.10. The van der Waals surface area contributed by atoms with Gasteiger partial charge in [-0.15, -0.1) is 0 Å². The van der Waals surface area contributed by atoms with Crippen molar-refractivity contribution in [2.24, 2.45) is 4.99 Å². The maximum atomic E-state index is 12.7. The highest BCUT2D eigenvalue weighted by atomic mass is 79.9. The lowest BCUT2D eigenvalue weighted by Gasteiger charge is -2.11. The summed E-state index contributed by atoms with van der Waals surface area (Å²) in [6.45, 7) is -0.523. The minimum Gasteiger partial charge on any atom is -0.493 e. The fourth-order valence-corrected chi connectivity index (χ4v) is 4.10. The van der Waals surface area contributed by atoms with E-state index < -0.39 is 18.5 Å². The smallest absolute Gasteiger partial charge is 0.341 e. The van der Waals surface area contributed by atoms with Crippen LogP contribution in [0.4, 0.5) is 5.69 Å². The van der Waals surface area contributed by atoms with Crippen molar-refractivity contribution in [1.29, 1.82) is 0 Å². The molecular formula is C21H17BrN2O7S. The van der Waals surface area contributed by atoms with Crippen LogP contribution in [-0.4, -0.2) is 58.9 Å². The van der Waals surface area contributed by atoms with Crippen LogP contribution < -0.4 is 9.47 Å². The number of rotatable bonds is 7. The number of methoxy groups -OCH3 is 1. The van der Waals surface area contributed by atoms with Crippen LogP contribution in [0.2, 0.25) is 0 Å². The number of benzene rings is 2. The first-order valence-electron chi connectivity index (χ1n) is 9.01. The van der Waals surface area contributed by atoms with Crippen molar-refractivity contribution in [3.8, 4) is 11.5 Å². The quantitative estimate of drug-likeness (QED) is 0.527. The molecule has 0 bridgehead atoms. The molecule has 1 saturated heterocycles. The summed E-state index contributed by atoms with van der Waals surface area (Å²) >= 11 is 4.54. The molecule has 3 rings (SSSR count). The molecule has 0 saturated carbocycles. The second kappa shape index (κ2) is 9.88. The Morgan fingerprint density at radius 2 is 1.97 bits per heavy atom. The van der Waals surface area contributed by atoms with Crippen LogP contribution in [0.1, 0.15) is 15.9 Å². The van der Waals surface area contributed by atoms with Gasteiger partial charge in [0, 0.05) is 11.5 Å². The van der Waals surface area contributed by atoms with Crippen LogP contribution in [0.15, 0.2) is 50.8 Å². The van der Waals surface area contributed by atoms with Crippen molar-refractivity contribution >= 4 is 62.5 Å². The zero-order valence-electron chi connectivity index (χ0n) is 16.9. The molecule has 166 valence electrons. The van der Waals surface area contributed by atoms with E-state index in [4.69, 9.17) is 19.7 Å². The topological polar surface area (TPSA) is 126 Å². The molecule has 1 heterocycles. The molecule has 1 fully saturated rings. The van der Waals surface area contributed by atoms with Gasteiger partial charge in [-0.25, -0.2) is 14.6 Å². The maximum Gasteiger partial charge on any atom is 0.341 e. The van der Waals surface area contributed by atoms with Gasteiger partial charge in [-0.05, 0) is 53.7 Å². The number of nitrogens with zero attached hydrogens (tertiary/aromatic N) is 2.